The van der Waals surface area contributed by atoms with E-state index in [0.29, 0.717) is 23.9 Å². The number of alkyl halides is 6. The van der Waals surface area contributed by atoms with E-state index in [0.717, 1.165) is 10.9 Å². The zero-order valence-corrected chi connectivity index (χ0v) is 14.5. The molecule has 2 aromatic rings. The molecule has 0 saturated heterocycles. The third-order valence-electron chi connectivity index (χ3n) is 2.55. The van der Waals surface area contributed by atoms with E-state index in [1.54, 1.807) is 0 Å². The van der Waals surface area contributed by atoms with E-state index < -0.39 is 15.7 Å². The van der Waals surface area contributed by atoms with E-state index in [1.807, 2.05) is 0 Å². The van der Waals surface area contributed by atoms with Gasteiger partial charge in [-0.3, -0.25) is 0 Å². The summed E-state index contributed by atoms with van der Waals surface area (Å²) in [6.07, 6.45) is -3.49. The highest BCUT2D eigenvalue weighted by atomic mass is 35.5. The normalized spacial score (nSPS) is 12.7. The average Bonchev–Trinajstić information content (AvgIpc) is 2.68. The molecule has 3 nitrogen and oxygen atoms in total. The predicted octanol–water partition coefficient (Wildman–Crippen LogP) is 5.93. The third kappa shape index (κ3) is 4.30. The lowest BCUT2D eigenvalue weighted by atomic mass is 10.2. The van der Waals surface area contributed by atoms with Gasteiger partial charge in [0.05, 0.1) is 26.7 Å². The quantitative estimate of drug-likeness (QED) is 0.374. The number of rotatable bonds is 3. The summed E-state index contributed by atoms with van der Waals surface area (Å²) in [5.41, 5.74) is 4.65. The maximum Gasteiger partial charge on any atom is 0.416 e. The molecule has 0 aliphatic rings. The van der Waals surface area contributed by atoms with Gasteiger partial charge in [-0.2, -0.15) is 22.7 Å². The molecular weight excluding hydrogens is 424 g/mol. The van der Waals surface area contributed by atoms with Gasteiger partial charge in [0, 0.05) is 0 Å². The summed E-state index contributed by atoms with van der Waals surface area (Å²) >= 11 is 22.5. The Bertz CT molecular complexity index is 719. The second-order valence-electron chi connectivity index (χ2n) is 4.14. The van der Waals surface area contributed by atoms with Gasteiger partial charge in [-0.05, 0) is 23.9 Å². The molecule has 2 rings (SSSR count). The van der Waals surface area contributed by atoms with Gasteiger partial charge in [-0.1, -0.05) is 46.4 Å². The minimum Gasteiger partial charge on any atom is -0.383 e. The van der Waals surface area contributed by atoms with Crippen molar-refractivity contribution in [2.75, 3.05) is 5.73 Å². The molecule has 0 fully saturated rings. The van der Waals surface area contributed by atoms with Crippen molar-refractivity contribution in [2.45, 2.75) is 15.0 Å². The second-order valence-corrected chi connectivity index (χ2v) is 7.84. The number of hydrogen-bond donors (Lipinski definition) is 1. The summed E-state index contributed by atoms with van der Waals surface area (Å²) < 4.78 is 49.7. The Balaban J connectivity index is 2.52. The van der Waals surface area contributed by atoms with Crippen LogP contribution in [0.5, 0.6) is 0 Å². The van der Waals surface area contributed by atoms with Crippen LogP contribution in [0.4, 0.5) is 23.4 Å². The van der Waals surface area contributed by atoms with E-state index in [2.05, 4.69) is 5.10 Å². The van der Waals surface area contributed by atoms with Crippen LogP contribution in [-0.4, -0.2) is 13.7 Å². The van der Waals surface area contributed by atoms with Crippen LogP contribution in [0.1, 0.15) is 5.56 Å². The molecule has 1 heterocycles. The average molecular weight is 429 g/mol. The molecule has 0 unspecified atom stereocenters. The van der Waals surface area contributed by atoms with Crippen LogP contribution in [-0.2, 0) is 6.18 Å². The van der Waals surface area contributed by atoms with Crippen LogP contribution in [0.2, 0.25) is 10.0 Å². The van der Waals surface area contributed by atoms with Crippen molar-refractivity contribution >= 4 is 64.0 Å². The molecule has 0 amide bonds. The molecule has 2 N–H and O–H groups in total. The van der Waals surface area contributed by atoms with Gasteiger partial charge in [0.1, 0.15) is 11.5 Å². The molecule has 1 aromatic carbocycles. The Kier molecular flexibility index (Phi) is 5.23. The van der Waals surface area contributed by atoms with Crippen LogP contribution < -0.4 is 5.73 Å². The van der Waals surface area contributed by atoms with Crippen LogP contribution >= 0.6 is 58.2 Å². The van der Waals surface area contributed by atoms with Crippen molar-refractivity contribution in [3.8, 4) is 5.69 Å². The third-order valence-corrected chi connectivity index (χ3v) is 4.36. The van der Waals surface area contributed by atoms with E-state index in [4.69, 9.17) is 52.1 Å². The number of nitrogen functional groups attached to an aromatic ring is 1. The molecular formula is C11H5Cl4F4N3S. The topological polar surface area (TPSA) is 43.8 Å². The summed E-state index contributed by atoms with van der Waals surface area (Å²) in [6, 6.07) is 1.36. The first-order chi connectivity index (χ1) is 10.4. The van der Waals surface area contributed by atoms with Crippen LogP contribution in [0.15, 0.2) is 23.2 Å². The SMILES string of the molecule is Nc1c(SC(F)(Cl)Cl)cnn1-c1c(Cl)cc(C(F)(F)F)cc1Cl. The first-order valence-corrected chi connectivity index (χ1v) is 7.89. The number of benzene rings is 1. The second kappa shape index (κ2) is 6.40. The first kappa shape index (κ1) is 18.8. The van der Waals surface area contributed by atoms with Crippen molar-refractivity contribution in [3.05, 3.63) is 33.9 Å². The number of aromatic nitrogens is 2. The maximum atomic E-state index is 13.2. The van der Waals surface area contributed by atoms with Gasteiger partial charge in [-0.25, -0.2) is 4.68 Å². The zero-order valence-electron chi connectivity index (χ0n) is 10.6. The van der Waals surface area contributed by atoms with E-state index >= 15 is 0 Å². The highest BCUT2D eigenvalue weighted by molar-refractivity contribution is 8.03. The molecule has 0 aliphatic carbocycles. The summed E-state index contributed by atoms with van der Waals surface area (Å²) in [5, 5.41) is 3.15. The highest BCUT2D eigenvalue weighted by Gasteiger charge is 2.33. The largest absolute Gasteiger partial charge is 0.416 e. The van der Waals surface area contributed by atoms with Crippen molar-refractivity contribution < 1.29 is 17.6 Å². The molecule has 0 atom stereocenters. The monoisotopic (exact) mass is 427 g/mol. The first-order valence-electron chi connectivity index (χ1n) is 5.56. The number of nitrogens with two attached hydrogens (primary N) is 1. The van der Waals surface area contributed by atoms with E-state index in [9.17, 15) is 17.6 Å². The lowest BCUT2D eigenvalue weighted by Gasteiger charge is -2.13. The fourth-order valence-corrected chi connectivity index (χ4v) is 3.34. The van der Waals surface area contributed by atoms with Gasteiger partial charge >= 0.3 is 10.1 Å². The Hall–Kier alpha value is -0.540. The minimum absolute atomic E-state index is 0.0598. The number of halogens is 8. The van der Waals surface area contributed by atoms with E-state index in [-0.39, 0.29) is 26.4 Å². The Morgan fingerprint density at radius 2 is 1.61 bits per heavy atom. The number of hydrogen-bond acceptors (Lipinski definition) is 3. The fourth-order valence-electron chi connectivity index (χ4n) is 1.66. The van der Waals surface area contributed by atoms with Crippen molar-refractivity contribution in [3.63, 3.8) is 0 Å². The number of thioether (sulfide) groups is 1. The highest BCUT2D eigenvalue weighted by Crippen LogP contribution is 2.45. The van der Waals surface area contributed by atoms with Gasteiger partial charge in [0.25, 0.3) is 0 Å². The smallest absolute Gasteiger partial charge is 0.383 e. The molecule has 126 valence electrons. The molecule has 12 heteroatoms. The van der Waals surface area contributed by atoms with Crippen LogP contribution in [0.3, 0.4) is 0 Å². The van der Waals surface area contributed by atoms with Gasteiger partial charge in [0.15, 0.2) is 0 Å². The van der Waals surface area contributed by atoms with Crippen LogP contribution in [0, 0.1) is 0 Å². The fraction of sp³-hybridized carbons (Fsp3) is 0.182. The standard InChI is InChI=1S/C11H5Cl4F4N3S/c12-5-1-4(10(16,17)18)2-6(13)8(5)22-9(20)7(3-21-22)23-11(14,15)19/h1-3H,20H2. The summed E-state index contributed by atoms with van der Waals surface area (Å²) in [7, 11) is 0. The molecule has 0 aliphatic heterocycles. The zero-order chi connectivity index (χ0) is 17.6. The van der Waals surface area contributed by atoms with Crippen LogP contribution in [0.25, 0.3) is 5.69 Å². The lowest BCUT2D eigenvalue weighted by molar-refractivity contribution is -0.137. The predicted molar refractivity (Wildman–Crippen MR) is 84.4 cm³/mol. The maximum absolute atomic E-state index is 13.2. The molecule has 23 heavy (non-hydrogen) atoms. The Labute approximate surface area is 151 Å². The lowest BCUT2D eigenvalue weighted by Crippen LogP contribution is -2.08. The Morgan fingerprint density at radius 1 is 1.09 bits per heavy atom. The molecule has 0 saturated carbocycles. The minimum atomic E-state index is -4.62. The number of anilines is 1. The molecule has 0 radical (unpaired) electrons. The van der Waals surface area contributed by atoms with Crippen molar-refractivity contribution in [1.82, 2.24) is 9.78 Å². The Morgan fingerprint density at radius 3 is 2.04 bits per heavy atom. The van der Waals surface area contributed by atoms with Crippen molar-refractivity contribution in [1.29, 1.82) is 0 Å². The van der Waals surface area contributed by atoms with E-state index in [1.165, 1.54) is 0 Å². The molecule has 0 spiro atoms. The summed E-state index contributed by atoms with van der Waals surface area (Å²) in [5.74, 6) is -0.137. The molecule has 0 bridgehead atoms. The van der Waals surface area contributed by atoms with Crippen molar-refractivity contribution in [2.24, 2.45) is 0 Å². The number of nitrogens with zero attached hydrogens (tertiary/aromatic N) is 2. The van der Waals surface area contributed by atoms with Gasteiger partial charge in [-0.15, -0.1) is 0 Å². The molecule has 1 aromatic heterocycles. The summed E-state index contributed by atoms with van der Waals surface area (Å²) in [6.45, 7) is 0. The summed E-state index contributed by atoms with van der Waals surface area (Å²) in [4.78, 5) is 0.0598. The van der Waals surface area contributed by atoms with Gasteiger partial charge < -0.3 is 5.73 Å². The van der Waals surface area contributed by atoms with Gasteiger partial charge in [0.2, 0.25) is 0 Å².